The standard InChI is InChI=1S/C18H24FN5O/c1-14(15-7-3-4-8-16(15)19)24-13-17(21-22-24)18(25)20-9-12-23-10-5-2-6-11-23/h3-4,7-8,13-14H,2,5-6,9-12H2,1H3,(H,20,25)/p+1/t14-/m0/s1. The van der Waals surface area contributed by atoms with Crippen molar-refractivity contribution in [2.24, 2.45) is 0 Å². The number of carbonyl (C=O) groups excluding carboxylic acids is 1. The maximum Gasteiger partial charge on any atom is 0.273 e. The van der Waals surface area contributed by atoms with E-state index in [1.54, 1.807) is 29.3 Å². The van der Waals surface area contributed by atoms with Crippen molar-refractivity contribution in [2.75, 3.05) is 26.2 Å². The van der Waals surface area contributed by atoms with E-state index in [9.17, 15) is 9.18 Å². The second-order valence-corrected chi connectivity index (χ2v) is 6.60. The van der Waals surface area contributed by atoms with Crippen molar-refractivity contribution in [1.82, 2.24) is 20.3 Å². The van der Waals surface area contributed by atoms with Gasteiger partial charge >= 0.3 is 0 Å². The molecule has 2 aromatic rings. The van der Waals surface area contributed by atoms with E-state index in [-0.39, 0.29) is 23.5 Å². The number of hydrogen-bond donors (Lipinski definition) is 2. The number of halogens is 1. The molecule has 1 aromatic carbocycles. The number of piperidine rings is 1. The van der Waals surface area contributed by atoms with Crippen LogP contribution in [0.1, 0.15) is 48.3 Å². The van der Waals surface area contributed by atoms with Crippen LogP contribution < -0.4 is 10.2 Å². The molecule has 6 nitrogen and oxygen atoms in total. The number of benzene rings is 1. The molecule has 1 atom stereocenters. The van der Waals surface area contributed by atoms with Crippen molar-refractivity contribution < 1.29 is 14.1 Å². The summed E-state index contributed by atoms with van der Waals surface area (Å²) in [6.45, 7) is 5.77. The Kier molecular flexibility index (Phi) is 5.75. The molecule has 1 amide bonds. The highest BCUT2D eigenvalue weighted by Crippen LogP contribution is 2.19. The van der Waals surface area contributed by atoms with Gasteiger partial charge in [-0.05, 0) is 32.3 Å². The molecule has 0 bridgehead atoms. The fourth-order valence-electron chi connectivity index (χ4n) is 3.27. The molecule has 0 aliphatic carbocycles. The van der Waals surface area contributed by atoms with Crippen LogP contribution in [-0.4, -0.2) is 47.1 Å². The Bertz CT molecular complexity index is 711. The summed E-state index contributed by atoms with van der Waals surface area (Å²) >= 11 is 0. The number of quaternary nitrogens is 1. The van der Waals surface area contributed by atoms with Crippen LogP contribution in [0.15, 0.2) is 30.5 Å². The van der Waals surface area contributed by atoms with Gasteiger partial charge in [-0.15, -0.1) is 5.10 Å². The fourth-order valence-corrected chi connectivity index (χ4v) is 3.27. The van der Waals surface area contributed by atoms with Crippen LogP contribution >= 0.6 is 0 Å². The van der Waals surface area contributed by atoms with Crippen molar-refractivity contribution >= 4 is 5.91 Å². The van der Waals surface area contributed by atoms with E-state index in [0.717, 1.165) is 6.54 Å². The molecule has 1 aromatic heterocycles. The van der Waals surface area contributed by atoms with Gasteiger partial charge in [0.15, 0.2) is 5.69 Å². The molecule has 1 aliphatic rings. The molecule has 0 spiro atoms. The van der Waals surface area contributed by atoms with E-state index in [1.807, 2.05) is 6.92 Å². The third-order valence-electron chi connectivity index (χ3n) is 4.82. The minimum absolute atomic E-state index is 0.233. The van der Waals surface area contributed by atoms with Gasteiger partial charge in [0.05, 0.1) is 38.4 Å². The monoisotopic (exact) mass is 346 g/mol. The summed E-state index contributed by atoms with van der Waals surface area (Å²) in [4.78, 5) is 13.8. The first kappa shape index (κ1) is 17.5. The minimum atomic E-state index is -0.326. The highest BCUT2D eigenvalue weighted by molar-refractivity contribution is 5.91. The van der Waals surface area contributed by atoms with Gasteiger partial charge in [0, 0.05) is 5.56 Å². The Morgan fingerprint density at radius 2 is 2.08 bits per heavy atom. The summed E-state index contributed by atoms with van der Waals surface area (Å²) in [5, 5.41) is 10.8. The number of nitrogens with one attached hydrogen (secondary N) is 2. The largest absolute Gasteiger partial charge is 0.345 e. The van der Waals surface area contributed by atoms with Gasteiger partial charge in [-0.25, -0.2) is 9.07 Å². The second-order valence-electron chi connectivity index (χ2n) is 6.60. The summed E-state index contributed by atoms with van der Waals surface area (Å²) in [6.07, 6.45) is 5.43. The van der Waals surface area contributed by atoms with E-state index in [0.29, 0.717) is 12.1 Å². The van der Waals surface area contributed by atoms with E-state index in [4.69, 9.17) is 0 Å². The van der Waals surface area contributed by atoms with E-state index < -0.39 is 0 Å². The number of hydrogen-bond acceptors (Lipinski definition) is 3. The zero-order valence-electron chi connectivity index (χ0n) is 14.5. The summed E-state index contributed by atoms with van der Waals surface area (Å²) in [5.41, 5.74) is 0.782. The third kappa shape index (κ3) is 4.42. The van der Waals surface area contributed by atoms with E-state index in [1.165, 1.54) is 43.1 Å². The Morgan fingerprint density at radius 3 is 2.84 bits per heavy atom. The minimum Gasteiger partial charge on any atom is -0.345 e. The SMILES string of the molecule is C[C@@H](c1ccccc1F)n1cc(C(=O)NCC[NH+]2CCCCC2)nn1. The second kappa shape index (κ2) is 8.20. The molecule has 1 fully saturated rings. The predicted octanol–water partition coefficient (Wildman–Crippen LogP) is 0.825. The fraction of sp³-hybridized carbons (Fsp3) is 0.500. The summed E-state index contributed by atoms with van der Waals surface area (Å²) in [5.74, 6) is -0.524. The molecule has 7 heteroatoms. The lowest BCUT2D eigenvalue weighted by atomic mass is 10.1. The Labute approximate surface area is 147 Å². The molecular formula is C18H25FN5O+. The molecule has 1 saturated heterocycles. The number of rotatable bonds is 6. The van der Waals surface area contributed by atoms with Gasteiger partial charge in [-0.3, -0.25) is 4.79 Å². The van der Waals surface area contributed by atoms with Gasteiger partial charge in [0.1, 0.15) is 5.82 Å². The molecule has 134 valence electrons. The zero-order chi connectivity index (χ0) is 17.6. The van der Waals surface area contributed by atoms with Gasteiger partial charge in [-0.1, -0.05) is 23.4 Å². The number of likely N-dealkylation sites (tertiary alicyclic amines) is 1. The van der Waals surface area contributed by atoms with Crippen LogP contribution in [0.3, 0.4) is 0 Å². The predicted molar refractivity (Wildman–Crippen MR) is 92.0 cm³/mol. The first-order chi connectivity index (χ1) is 12.1. The van der Waals surface area contributed by atoms with Crippen LogP contribution in [0.2, 0.25) is 0 Å². The first-order valence-electron chi connectivity index (χ1n) is 8.93. The van der Waals surface area contributed by atoms with Crippen molar-refractivity contribution in [3.8, 4) is 0 Å². The first-order valence-corrected chi connectivity index (χ1v) is 8.93. The molecule has 0 saturated carbocycles. The van der Waals surface area contributed by atoms with Gasteiger partial charge in [-0.2, -0.15) is 0 Å². The summed E-state index contributed by atoms with van der Waals surface area (Å²) < 4.78 is 15.4. The van der Waals surface area contributed by atoms with Crippen molar-refractivity contribution in [2.45, 2.75) is 32.2 Å². The number of nitrogens with zero attached hydrogens (tertiary/aromatic N) is 3. The number of carbonyl (C=O) groups is 1. The Morgan fingerprint density at radius 1 is 1.32 bits per heavy atom. The maximum absolute atomic E-state index is 13.9. The quantitative estimate of drug-likeness (QED) is 0.814. The molecule has 3 rings (SSSR count). The normalized spacial score (nSPS) is 16.6. The van der Waals surface area contributed by atoms with Crippen LogP contribution in [0.25, 0.3) is 0 Å². The molecule has 1 aliphatic heterocycles. The average molecular weight is 346 g/mol. The average Bonchev–Trinajstić information content (AvgIpc) is 3.13. The number of aromatic nitrogens is 3. The lowest BCUT2D eigenvalue weighted by Gasteiger charge is -2.23. The van der Waals surface area contributed by atoms with Crippen LogP contribution in [0.5, 0.6) is 0 Å². The maximum atomic E-state index is 13.9. The topological polar surface area (TPSA) is 64.2 Å². The van der Waals surface area contributed by atoms with Crippen molar-refractivity contribution in [3.63, 3.8) is 0 Å². The van der Waals surface area contributed by atoms with E-state index >= 15 is 0 Å². The van der Waals surface area contributed by atoms with Crippen molar-refractivity contribution in [3.05, 3.63) is 47.5 Å². The van der Waals surface area contributed by atoms with Gasteiger partial charge in [0.2, 0.25) is 0 Å². The zero-order valence-corrected chi connectivity index (χ0v) is 14.5. The summed E-state index contributed by atoms with van der Waals surface area (Å²) in [6, 6.07) is 6.23. The lowest BCUT2D eigenvalue weighted by molar-refractivity contribution is -0.903. The molecular weight excluding hydrogens is 321 g/mol. The van der Waals surface area contributed by atoms with Crippen LogP contribution in [-0.2, 0) is 0 Å². The van der Waals surface area contributed by atoms with Gasteiger partial charge in [0.25, 0.3) is 5.91 Å². The Balaban J connectivity index is 1.55. The smallest absolute Gasteiger partial charge is 0.273 e. The lowest BCUT2D eigenvalue weighted by Crippen LogP contribution is -3.13. The molecule has 0 unspecified atom stereocenters. The molecule has 2 heterocycles. The summed E-state index contributed by atoms with van der Waals surface area (Å²) in [7, 11) is 0. The van der Waals surface area contributed by atoms with Crippen LogP contribution in [0, 0.1) is 5.82 Å². The molecule has 2 N–H and O–H groups in total. The number of amides is 1. The highest BCUT2D eigenvalue weighted by atomic mass is 19.1. The molecule has 0 radical (unpaired) electrons. The van der Waals surface area contributed by atoms with E-state index in [2.05, 4.69) is 15.6 Å². The van der Waals surface area contributed by atoms with Crippen LogP contribution in [0.4, 0.5) is 4.39 Å². The van der Waals surface area contributed by atoms with Crippen molar-refractivity contribution in [1.29, 1.82) is 0 Å². The Hall–Kier alpha value is -2.28. The highest BCUT2D eigenvalue weighted by Gasteiger charge is 2.18. The van der Waals surface area contributed by atoms with Gasteiger partial charge < -0.3 is 10.2 Å². The third-order valence-corrected chi connectivity index (χ3v) is 4.82. The molecule has 25 heavy (non-hydrogen) atoms.